The van der Waals surface area contributed by atoms with Crippen molar-refractivity contribution in [3.8, 4) is 0 Å². The Morgan fingerprint density at radius 1 is 1.04 bits per heavy atom. The van der Waals surface area contributed by atoms with E-state index in [-0.39, 0.29) is 18.4 Å². The highest BCUT2D eigenvalue weighted by atomic mass is 16.5. The fourth-order valence-electron chi connectivity index (χ4n) is 6.73. The first-order chi connectivity index (χ1) is 12.9. The lowest BCUT2D eigenvalue weighted by atomic mass is 9.48. The van der Waals surface area contributed by atoms with Crippen LogP contribution < -0.4 is 0 Å². The van der Waals surface area contributed by atoms with Gasteiger partial charge in [-0.3, -0.25) is 9.59 Å². The van der Waals surface area contributed by atoms with E-state index in [0.717, 1.165) is 44.9 Å². The molecule has 0 spiro atoms. The highest BCUT2D eigenvalue weighted by molar-refractivity contribution is 5.98. The molecule has 2 unspecified atom stereocenters. The van der Waals surface area contributed by atoms with Crippen LogP contribution in [-0.2, 0) is 22.4 Å². The maximum absolute atomic E-state index is 12.9. The number of rotatable bonds is 4. The lowest BCUT2D eigenvalue weighted by Gasteiger charge is -2.58. The van der Waals surface area contributed by atoms with Gasteiger partial charge in [0.15, 0.2) is 12.4 Å². The van der Waals surface area contributed by atoms with Crippen LogP contribution in [0.25, 0.3) is 0 Å². The lowest BCUT2D eigenvalue weighted by molar-refractivity contribution is -0.195. The second-order valence-electron chi connectivity index (χ2n) is 9.66. The highest BCUT2D eigenvalue weighted by Gasteiger charge is 2.60. The first-order valence-electron chi connectivity index (χ1n) is 10.5. The molecule has 4 fully saturated rings. The topological polar surface area (TPSA) is 63.6 Å². The maximum atomic E-state index is 12.9. The first kappa shape index (κ1) is 17.4. The Labute approximate surface area is 160 Å². The Kier molecular flexibility index (Phi) is 3.98. The summed E-state index contributed by atoms with van der Waals surface area (Å²) in [7, 11) is 0. The molecular weight excluding hydrogens is 340 g/mol. The second kappa shape index (κ2) is 6.16. The molecule has 1 aromatic carbocycles. The number of hydrogen-bond acceptors (Lipinski definition) is 4. The molecule has 6 rings (SSSR count). The van der Waals surface area contributed by atoms with Crippen molar-refractivity contribution in [3.63, 3.8) is 0 Å². The van der Waals surface area contributed by atoms with Crippen LogP contribution in [0.5, 0.6) is 0 Å². The summed E-state index contributed by atoms with van der Waals surface area (Å²) in [5.74, 6) is 0.474. The van der Waals surface area contributed by atoms with E-state index in [1.54, 1.807) is 0 Å². The van der Waals surface area contributed by atoms with Gasteiger partial charge in [-0.05, 0) is 93.2 Å². The van der Waals surface area contributed by atoms with Crippen molar-refractivity contribution >= 4 is 11.8 Å². The summed E-state index contributed by atoms with van der Waals surface area (Å²) in [6.07, 6.45) is 9.44. The Hall–Kier alpha value is -1.68. The number of aryl methyl sites for hydroxylation is 2. The van der Waals surface area contributed by atoms with Gasteiger partial charge in [0, 0.05) is 5.56 Å². The number of fused-ring (bicyclic) bond motifs is 1. The van der Waals surface area contributed by atoms with E-state index < -0.39 is 11.0 Å². The molecule has 5 aliphatic carbocycles. The quantitative estimate of drug-likeness (QED) is 0.651. The van der Waals surface area contributed by atoms with Gasteiger partial charge >= 0.3 is 5.97 Å². The molecule has 4 atom stereocenters. The minimum atomic E-state index is -0.689. The summed E-state index contributed by atoms with van der Waals surface area (Å²) in [6, 6.07) is 5.91. The highest BCUT2D eigenvalue weighted by Crippen LogP contribution is 2.61. The number of carbonyl (C=O) groups excluding carboxylic acids is 2. The molecule has 0 amide bonds. The molecule has 0 radical (unpaired) electrons. The van der Waals surface area contributed by atoms with Crippen molar-refractivity contribution in [2.45, 2.75) is 69.8 Å². The third-order valence-corrected chi connectivity index (χ3v) is 7.47. The van der Waals surface area contributed by atoms with Crippen LogP contribution in [0.15, 0.2) is 18.2 Å². The SMILES string of the molecule is O=C(COC(=O)C12C[C@@H]3C[C@@H](CC(O)(C3)C1)C2)c1ccc2c(c1)CCCC2. The molecule has 4 nitrogen and oxygen atoms in total. The average molecular weight is 368 g/mol. The van der Waals surface area contributed by atoms with Gasteiger partial charge in [-0.2, -0.15) is 0 Å². The third kappa shape index (κ3) is 3.02. The summed E-state index contributed by atoms with van der Waals surface area (Å²) in [6.45, 7) is -0.187. The fraction of sp³-hybridized carbons (Fsp3) is 0.652. The van der Waals surface area contributed by atoms with Crippen molar-refractivity contribution in [2.75, 3.05) is 6.61 Å². The number of aliphatic hydroxyl groups is 1. The Morgan fingerprint density at radius 3 is 2.44 bits per heavy atom. The number of carbonyl (C=O) groups is 2. The van der Waals surface area contributed by atoms with E-state index in [2.05, 4.69) is 6.07 Å². The molecule has 27 heavy (non-hydrogen) atoms. The van der Waals surface area contributed by atoms with Crippen LogP contribution in [0.3, 0.4) is 0 Å². The molecule has 1 N–H and O–H groups in total. The zero-order valence-electron chi connectivity index (χ0n) is 15.8. The number of benzene rings is 1. The monoisotopic (exact) mass is 368 g/mol. The van der Waals surface area contributed by atoms with E-state index in [9.17, 15) is 14.7 Å². The van der Waals surface area contributed by atoms with E-state index in [0.29, 0.717) is 23.8 Å². The molecule has 0 aromatic heterocycles. The first-order valence-corrected chi connectivity index (χ1v) is 10.5. The summed E-state index contributed by atoms with van der Waals surface area (Å²) >= 11 is 0. The van der Waals surface area contributed by atoms with Gasteiger partial charge < -0.3 is 9.84 Å². The van der Waals surface area contributed by atoms with Crippen molar-refractivity contribution in [1.29, 1.82) is 0 Å². The molecule has 0 saturated heterocycles. The number of ketones is 1. The predicted octanol–water partition coefficient (Wildman–Crippen LogP) is 3.62. The zero-order valence-corrected chi connectivity index (χ0v) is 15.8. The molecule has 1 aromatic rings. The standard InChI is InChI=1S/C23H28O4/c24-20(19-6-5-17-3-1-2-4-18(17)8-19)13-27-21(25)22-9-15-7-16(10-22)12-23(26,11-15)14-22/h5-6,8,15-16,26H,1-4,7,9-14H2/t15-,16+,22?,23?. The van der Waals surface area contributed by atoms with Crippen LogP contribution >= 0.6 is 0 Å². The minimum absolute atomic E-state index is 0.125. The summed E-state index contributed by atoms with van der Waals surface area (Å²) in [4.78, 5) is 25.5. The van der Waals surface area contributed by atoms with Crippen molar-refractivity contribution in [3.05, 3.63) is 34.9 Å². The molecule has 0 aliphatic heterocycles. The number of hydrogen-bond donors (Lipinski definition) is 1. The van der Waals surface area contributed by atoms with E-state index in [1.807, 2.05) is 12.1 Å². The zero-order chi connectivity index (χ0) is 18.6. The molecule has 0 heterocycles. The largest absolute Gasteiger partial charge is 0.457 e. The summed E-state index contributed by atoms with van der Waals surface area (Å²) in [5.41, 5.74) is 2.01. The average Bonchev–Trinajstić information content (AvgIpc) is 2.63. The van der Waals surface area contributed by atoms with Crippen LogP contribution in [0, 0.1) is 17.3 Å². The number of Topliss-reactive ketones (excluding diaryl/α,β-unsaturated/α-hetero) is 1. The van der Waals surface area contributed by atoms with Crippen LogP contribution in [0.4, 0.5) is 0 Å². The molecule has 5 aliphatic rings. The smallest absolute Gasteiger partial charge is 0.312 e. The summed E-state index contributed by atoms with van der Waals surface area (Å²) in [5, 5.41) is 10.8. The van der Waals surface area contributed by atoms with Gasteiger partial charge in [0.05, 0.1) is 11.0 Å². The Morgan fingerprint density at radius 2 is 1.74 bits per heavy atom. The van der Waals surface area contributed by atoms with Crippen molar-refractivity contribution in [2.24, 2.45) is 17.3 Å². The van der Waals surface area contributed by atoms with Crippen LogP contribution in [-0.4, -0.2) is 29.1 Å². The van der Waals surface area contributed by atoms with Gasteiger partial charge in [-0.1, -0.05) is 12.1 Å². The van der Waals surface area contributed by atoms with Crippen molar-refractivity contribution in [1.82, 2.24) is 0 Å². The third-order valence-electron chi connectivity index (χ3n) is 7.47. The van der Waals surface area contributed by atoms with E-state index in [4.69, 9.17) is 4.74 Å². The molecule has 4 bridgehead atoms. The van der Waals surface area contributed by atoms with Gasteiger partial charge in [-0.15, -0.1) is 0 Å². The lowest BCUT2D eigenvalue weighted by Crippen LogP contribution is -2.58. The Bertz CT molecular complexity index is 782. The second-order valence-corrected chi connectivity index (χ2v) is 9.66. The number of ether oxygens (including phenoxy) is 1. The fourth-order valence-corrected chi connectivity index (χ4v) is 6.73. The van der Waals surface area contributed by atoms with Gasteiger partial charge in [-0.25, -0.2) is 0 Å². The van der Waals surface area contributed by atoms with Crippen LogP contribution in [0.2, 0.25) is 0 Å². The minimum Gasteiger partial charge on any atom is -0.457 e. The van der Waals surface area contributed by atoms with E-state index in [1.165, 1.54) is 24.0 Å². The van der Waals surface area contributed by atoms with E-state index >= 15 is 0 Å². The van der Waals surface area contributed by atoms with Crippen LogP contribution in [0.1, 0.15) is 72.9 Å². The molecular formula is C23H28O4. The number of esters is 1. The van der Waals surface area contributed by atoms with Crippen molar-refractivity contribution < 1.29 is 19.4 Å². The normalized spacial score (nSPS) is 36.3. The predicted molar refractivity (Wildman–Crippen MR) is 100 cm³/mol. The van der Waals surface area contributed by atoms with Gasteiger partial charge in [0.25, 0.3) is 0 Å². The maximum Gasteiger partial charge on any atom is 0.312 e. The molecule has 4 heteroatoms. The Balaban J connectivity index is 1.26. The molecule has 4 saturated carbocycles. The van der Waals surface area contributed by atoms with Gasteiger partial charge in [0.1, 0.15) is 0 Å². The molecule has 144 valence electrons. The van der Waals surface area contributed by atoms with Gasteiger partial charge in [0.2, 0.25) is 0 Å². The summed E-state index contributed by atoms with van der Waals surface area (Å²) < 4.78 is 5.53.